The Hall–Kier alpha value is -2.97. The molecular weight excluding hydrogens is 406 g/mol. The van der Waals surface area contributed by atoms with Crippen LogP contribution in [0.15, 0.2) is 53.3 Å². The van der Waals surface area contributed by atoms with Crippen molar-refractivity contribution in [2.24, 2.45) is 0 Å². The second-order valence-electron chi connectivity index (χ2n) is 6.88. The third-order valence-electron chi connectivity index (χ3n) is 4.70. The number of rotatable bonds is 8. The summed E-state index contributed by atoms with van der Waals surface area (Å²) in [7, 11) is 0. The van der Waals surface area contributed by atoms with Gasteiger partial charge in [0.1, 0.15) is 12.4 Å². The van der Waals surface area contributed by atoms with Crippen LogP contribution in [0.25, 0.3) is 11.4 Å². The highest BCUT2D eigenvalue weighted by atomic mass is 35.5. The number of carbonyl (C=O) groups is 1. The largest absolute Gasteiger partial charge is 0.489 e. The number of benzene rings is 1. The molecule has 8 nitrogen and oxygen atoms in total. The highest BCUT2D eigenvalue weighted by molar-refractivity contribution is 5.85. The summed E-state index contributed by atoms with van der Waals surface area (Å²) in [6.07, 6.45) is 5.92. The van der Waals surface area contributed by atoms with Gasteiger partial charge in [-0.2, -0.15) is 4.98 Å². The van der Waals surface area contributed by atoms with E-state index < -0.39 is 0 Å². The summed E-state index contributed by atoms with van der Waals surface area (Å²) < 4.78 is 11.1. The number of carbonyl (C=O) groups excluding carboxylic acids is 1. The van der Waals surface area contributed by atoms with Crippen LogP contribution in [0, 0.1) is 0 Å². The molecule has 0 aliphatic carbocycles. The molecule has 2 N–H and O–H groups in total. The lowest BCUT2D eigenvalue weighted by molar-refractivity contribution is -0.122. The molecule has 3 aromatic rings. The molecule has 158 valence electrons. The molecule has 1 fully saturated rings. The molecule has 1 amide bonds. The van der Waals surface area contributed by atoms with E-state index in [4.69, 9.17) is 9.26 Å². The first-order valence-corrected chi connectivity index (χ1v) is 9.74. The van der Waals surface area contributed by atoms with Gasteiger partial charge < -0.3 is 19.9 Å². The minimum atomic E-state index is -0.0809. The quantitative estimate of drug-likeness (QED) is 0.567. The Labute approximate surface area is 180 Å². The number of pyridine rings is 1. The van der Waals surface area contributed by atoms with Crippen LogP contribution in [0.3, 0.4) is 0 Å². The van der Waals surface area contributed by atoms with E-state index in [1.54, 1.807) is 12.4 Å². The second-order valence-corrected chi connectivity index (χ2v) is 6.88. The molecule has 1 aliphatic heterocycles. The van der Waals surface area contributed by atoms with Crippen molar-refractivity contribution in [3.8, 4) is 17.1 Å². The number of aromatic nitrogens is 3. The Morgan fingerprint density at radius 2 is 2.23 bits per heavy atom. The number of hydrogen-bond acceptors (Lipinski definition) is 7. The van der Waals surface area contributed by atoms with Gasteiger partial charge in [0, 0.05) is 36.5 Å². The van der Waals surface area contributed by atoms with Gasteiger partial charge in [-0.05, 0) is 37.6 Å². The SMILES string of the molecule is Cl.O=C(NCCc1nc(-c2cccc(OCc3cccnc3)c2)no1)C1CCCN1. The zero-order chi connectivity index (χ0) is 19.9. The molecule has 30 heavy (non-hydrogen) atoms. The monoisotopic (exact) mass is 429 g/mol. The van der Waals surface area contributed by atoms with Crippen LogP contribution in [0.2, 0.25) is 0 Å². The van der Waals surface area contributed by atoms with Crippen LogP contribution in [-0.4, -0.2) is 40.2 Å². The Balaban J connectivity index is 0.00000256. The zero-order valence-corrected chi connectivity index (χ0v) is 17.2. The van der Waals surface area contributed by atoms with Gasteiger partial charge in [0.25, 0.3) is 0 Å². The van der Waals surface area contributed by atoms with Gasteiger partial charge in [0.15, 0.2) is 0 Å². The summed E-state index contributed by atoms with van der Waals surface area (Å²) in [5.74, 6) is 1.73. The molecule has 1 saturated heterocycles. The summed E-state index contributed by atoms with van der Waals surface area (Å²) in [6.45, 7) is 1.80. The van der Waals surface area contributed by atoms with Gasteiger partial charge in [0.2, 0.25) is 17.6 Å². The van der Waals surface area contributed by atoms with E-state index >= 15 is 0 Å². The molecule has 0 saturated carbocycles. The number of halogens is 1. The van der Waals surface area contributed by atoms with Crippen LogP contribution in [0.4, 0.5) is 0 Å². The summed E-state index contributed by atoms with van der Waals surface area (Å²) in [5, 5.41) is 10.1. The summed E-state index contributed by atoms with van der Waals surface area (Å²) in [6, 6.07) is 11.3. The number of hydrogen-bond donors (Lipinski definition) is 2. The number of amides is 1. The first-order valence-electron chi connectivity index (χ1n) is 9.74. The van der Waals surface area contributed by atoms with Gasteiger partial charge >= 0.3 is 0 Å². The zero-order valence-electron chi connectivity index (χ0n) is 16.4. The fourth-order valence-corrected chi connectivity index (χ4v) is 3.17. The molecule has 9 heteroatoms. The second kappa shape index (κ2) is 10.7. The van der Waals surface area contributed by atoms with Crippen LogP contribution >= 0.6 is 12.4 Å². The lowest BCUT2D eigenvalue weighted by Gasteiger charge is -2.09. The normalized spacial score (nSPS) is 15.4. The summed E-state index contributed by atoms with van der Waals surface area (Å²) in [5.41, 5.74) is 1.80. The van der Waals surface area contributed by atoms with E-state index in [-0.39, 0.29) is 24.4 Å². The third-order valence-corrected chi connectivity index (χ3v) is 4.70. The topological polar surface area (TPSA) is 102 Å². The first kappa shape index (κ1) is 21.7. The van der Waals surface area contributed by atoms with Gasteiger partial charge in [-0.3, -0.25) is 9.78 Å². The van der Waals surface area contributed by atoms with Crippen LogP contribution in [-0.2, 0) is 17.8 Å². The maximum absolute atomic E-state index is 12.0. The Morgan fingerprint density at radius 3 is 3.03 bits per heavy atom. The number of nitrogens with zero attached hydrogens (tertiary/aromatic N) is 3. The maximum Gasteiger partial charge on any atom is 0.237 e. The molecule has 2 aromatic heterocycles. The molecule has 1 aromatic carbocycles. The van der Waals surface area contributed by atoms with Crippen LogP contribution < -0.4 is 15.4 Å². The molecule has 4 rings (SSSR count). The van der Waals surface area contributed by atoms with E-state index in [1.807, 2.05) is 36.4 Å². The highest BCUT2D eigenvalue weighted by Crippen LogP contribution is 2.22. The Kier molecular flexibility index (Phi) is 7.75. The lowest BCUT2D eigenvalue weighted by Crippen LogP contribution is -2.41. The minimum absolute atomic E-state index is 0. The van der Waals surface area contributed by atoms with Crippen LogP contribution in [0.1, 0.15) is 24.3 Å². The van der Waals surface area contributed by atoms with Gasteiger partial charge in [-0.1, -0.05) is 23.4 Å². The predicted octanol–water partition coefficient (Wildman–Crippen LogP) is 2.54. The molecule has 1 aliphatic rings. The van der Waals surface area contributed by atoms with Crippen LogP contribution in [0.5, 0.6) is 5.75 Å². The van der Waals surface area contributed by atoms with Gasteiger partial charge in [-0.25, -0.2) is 0 Å². The van der Waals surface area contributed by atoms with Crippen molar-refractivity contribution in [2.45, 2.75) is 31.9 Å². The van der Waals surface area contributed by atoms with Crippen molar-refractivity contribution in [2.75, 3.05) is 13.1 Å². The predicted molar refractivity (Wildman–Crippen MR) is 113 cm³/mol. The van der Waals surface area contributed by atoms with Gasteiger partial charge in [0.05, 0.1) is 6.04 Å². The molecule has 0 radical (unpaired) electrons. The van der Waals surface area contributed by atoms with E-state index in [0.717, 1.165) is 30.5 Å². The molecule has 0 bridgehead atoms. The highest BCUT2D eigenvalue weighted by Gasteiger charge is 2.21. The molecule has 1 unspecified atom stereocenters. The fraction of sp³-hybridized carbons (Fsp3) is 0.333. The van der Waals surface area contributed by atoms with Crippen molar-refractivity contribution in [3.05, 3.63) is 60.2 Å². The lowest BCUT2D eigenvalue weighted by atomic mass is 10.2. The van der Waals surface area contributed by atoms with E-state index in [0.29, 0.717) is 37.0 Å². The van der Waals surface area contributed by atoms with Crippen molar-refractivity contribution in [1.82, 2.24) is 25.8 Å². The third kappa shape index (κ3) is 5.77. The smallest absolute Gasteiger partial charge is 0.237 e. The van der Waals surface area contributed by atoms with Crippen molar-refractivity contribution < 1.29 is 14.1 Å². The van der Waals surface area contributed by atoms with Crippen molar-refractivity contribution in [3.63, 3.8) is 0 Å². The Morgan fingerprint density at radius 1 is 1.30 bits per heavy atom. The number of ether oxygens (including phenoxy) is 1. The minimum Gasteiger partial charge on any atom is -0.489 e. The van der Waals surface area contributed by atoms with Crippen molar-refractivity contribution in [1.29, 1.82) is 0 Å². The average molecular weight is 430 g/mol. The van der Waals surface area contributed by atoms with E-state index in [2.05, 4.69) is 25.8 Å². The standard InChI is InChI=1S/C21H23N5O3.ClH/c27-21(18-7-3-10-23-18)24-11-8-19-25-20(26-29-19)16-5-1-6-17(12-16)28-14-15-4-2-9-22-13-15;/h1-2,4-6,9,12-13,18,23H,3,7-8,10-11,14H2,(H,24,27);1H. The first-order chi connectivity index (χ1) is 14.3. The number of nitrogens with one attached hydrogen (secondary N) is 2. The van der Waals surface area contributed by atoms with E-state index in [1.165, 1.54) is 0 Å². The van der Waals surface area contributed by atoms with Gasteiger partial charge in [-0.15, -0.1) is 12.4 Å². The maximum atomic E-state index is 12.0. The molecule has 3 heterocycles. The molecule has 1 atom stereocenters. The molecular formula is C21H24ClN5O3. The summed E-state index contributed by atoms with van der Waals surface area (Å²) >= 11 is 0. The fourth-order valence-electron chi connectivity index (χ4n) is 3.17. The van der Waals surface area contributed by atoms with Crippen molar-refractivity contribution >= 4 is 18.3 Å². The summed E-state index contributed by atoms with van der Waals surface area (Å²) in [4.78, 5) is 20.5. The average Bonchev–Trinajstić information content (AvgIpc) is 3.46. The molecule has 0 spiro atoms. The Bertz CT molecular complexity index is 945. The van der Waals surface area contributed by atoms with E-state index in [9.17, 15) is 4.79 Å².